The maximum absolute atomic E-state index is 12.8. The van der Waals surface area contributed by atoms with Crippen LogP contribution in [0.2, 0.25) is 0 Å². The van der Waals surface area contributed by atoms with Crippen molar-refractivity contribution in [2.75, 3.05) is 0 Å². The molecule has 0 saturated carbocycles. The average molecular weight is 220 g/mol. The first kappa shape index (κ1) is 10.5. The fraction of sp³-hybridized carbons (Fsp3) is 0.231. The molecule has 0 aliphatic carbocycles. The van der Waals surface area contributed by atoms with Crippen molar-refractivity contribution in [3.05, 3.63) is 42.0 Å². The SMILES string of the molecule is CC(C)c1cccc2cccc(SF)c12. The molecule has 0 aromatic heterocycles. The molecular formula is C13H13FS. The number of halogens is 1. The van der Waals surface area contributed by atoms with Crippen LogP contribution in [0.4, 0.5) is 3.89 Å². The lowest BCUT2D eigenvalue weighted by molar-refractivity contribution is 0.873. The van der Waals surface area contributed by atoms with Crippen molar-refractivity contribution in [2.24, 2.45) is 0 Å². The third-order valence-electron chi connectivity index (χ3n) is 2.60. The number of hydrogen-bond donors (Lipinski definition) is 0. The predicted octanol–water partition coefficient (Wildman–Crippen LogP) is 4.94. The Kier molecular flexibility index (Phi) is 2.96. The van der Waals surface area contributed by atoms with Crippen molar-refractivity contribution in [2.45, 2.75) is 24.7 Å². The maximum atomic E-state index is 12.8. The van der Waals surface area contributed by atoms with Crippen molar-refractivity contribution in [1.82, 2.24) is 0 Å². The van der Waals surface area contributed by atoms with E-state index in [0.717, 1.165) is 15.7 Å². The topological polar surface area (TPSA) is 0 Å². The molecule has 0 heterocycles. The van der Waals surface area contributed by atoms with E-state index in [1.807, 2.05) is 30.3 Å². The van der Waals surface area contributed by atoms with Gasteiger partial charge in [-0.2, -0.15) is 3.89 Å². The van der Waals surface area contributed by atoms with Crippen LogP contribution in [0.5, 0.6) is 0 Å². The highest BCUT2D eigenvalue weighted by Crippen LogP contribution is 2.34. The van der Waals surface area contributed by atoms with Gasteiger partial charge in [0.2, 0.25) is 0 Å². The van der Waals surface area contributed by atoms with E-state index >= 15 is 0 Å². The summed E-state index contributed by atoms with van der Waals surface area (Å²) in [5.74, 6) is 0.419. The molecule has 0 nitrogen and oxygen atoms in total. The Morgan fingerprint density at radius 1 is 1.07 bits per heavy atom. The van der Waals surface area contributed by atoms with Crippen LogP contribution in [0, 0.1) is 0 Å². The van der Waals surface area contributed by atoms with Gasteiger partial charge in [0, 0.05) is 10.3 Å². The molecule has 0 amide bonds. The van der Waals surface area contributed by atoms with Crippen LogP contribution >= 0.6 is 12.1 Å². The Labute approximate surface area is 93.8 Å². The fourth-order valence-electron chi connectivity index (χ4n) is 1.88. The Morgan fingerprint density at radius 3 is 2.33 bits per heavy atom. The summed E-state index contributed by atoms with van der Waals surface area (Å²) < 4.78 is 12.8. The van der Waals surface area contributed by atoms with E-state index in [9.17, 15) is 3.89 Å². The standard InChI is InChI=1S/C13H13FS/c1-9(2)11-7-3-5-10-6-4-8-12(15-14)13(10)11/h3-9H,1-2H3. The van der Waals surface area contributed by atoms with Gasteiger partial charge in [-0.1, -0.05) is 44.2 Å². The summed E-state index contributed by atoms with van der Waals surface area (Å²) >= 11 is 0.330. The van der Waals surface area contributed by atoms with Gasteiger partial charge in [0.1, 0.15) is 0 Å². The monoisotopic (exact) mass is 220 g/mol. The van der Waals surface area contributed by atoms with Crippen molar-refractivity contribution in [3.8, 4) is 0 Å². The van der Waals surface area contributed by atoms with Gasteiger partial charge in [0.25, 0.3) is 0 Å². The molecule has 0 bridgehead atoms. The molecule has 0 atom stereocenters. The summed E-state index contributed by atoms with van der Waals surface area (Å²) in [7, 11) is 0. The van der Waals surface area contributed by atoms with Crippen molar-refractivity contribution in [1.29, 1.82) is 0 Å². The first-order chi connectivity index (χ1) is 7.24. The van der Waals surface area contributed by atoms with Gasteiger partial charge in [-0.05, 0) is 22.9 Å². The molecule has 0 aliphatic heterocycles. The molecular weight excluding hydrogens is 207 g/mol. The largest absolute Gasteiger partial charge is 0.160 e. The Balaban J connectivity index is 2.81. The summed E-state index contributed by atoms with van der Waals surface area (Å²) in [5, 5.41) is 2.17. The summed E-state index contributed by atoms with van der Waals surface area (Å²) in [5.41, 5.74) is 1.22. The highest BCUT2D eigenvalue weighted by molar-refractivity contribution is 7.94. The van der Waals surface area contributed by atoms with Crippen molar-refractivity contribution in [3.63, 3.8) is 0 Å². The Bertz CT molecular complexity index is 472. The van der Waals surface area contributed by atoms with Crippen LogP contribution in [0.25, 0.3) is 10.8 Å². The molecule has 2 aromatic rings. The quantitative estimate of drug-likeness (QED) is 0.690. The third-order valence-corrected chi connectivity index (χ3v) is 3.11. The number of rotatable bonds is 2. The molecule has 2 rings (SSSR count). The van der Waals surface area contributed by atoms with Crippen LogP contribution in [-0.4, -0.2) is 0 Å². The van der Waals surface area contributed by atoms with E-state index in [4.69, 9.17) is 0 Å². The zero-order valence-electron chi connectivity index (χ0n) is 8.83. The van der Waals surface area contributed by atoms with Gasteiger partial charge < -0.3 is 0 Å². The van der Waals surface area contributed by atoms with Gasteiger partial charge in [0.15, 0.2) is 0 Å². The Morgan fingerprint density at radius 2 is 1.73 bits per heavy atom. The van der Waals surface area contributed by atoms with E-state index in [0.29, 0.717) is 18.1 Å². The van der Waals surface area contributed by atoms with Gasteiger partial charge in [-0.25, -0.2) is 0 Å². The van der Waals surface area contributed by atoms with Crippen LogP contribution in [0.1, 0.15) is 25.3 Å². The summed E-state index contributed by atoms with van der Waals surface area (Å²) in [6, 6.07) is 11.9. The number of fused-ring (bicyclic) bond motifs is 1. The molecule has 0 aliphatic rings. The van der Waals surface area contributed by atoms with E-state index in [1.165, 1.54) is 5.56 Å². The zero-order chi connectivity index (χ0) is 10.8. The number of benzene rings is 2. The van der Waals surface area contributed by atoms with E-state index in [2.05, 4.69) is 19.9 Å². The second-order valence-electron chi connectivity index (χ2n) is 3.93. The second-order valence-corrected chi connectivity index (χ2v) is 4.53. The molecule has 2 aromatic carbocycles. The maximum Gasteiger partial charge on any atom is 0.0818 e. The highest BCUT2D eigenvalue weighted by Gasteiger charge is 2.09. The van der Waals surface area contributed by atoms with Crippen molar-refractivity contribution >= 4 is 22.9 Å². The summed E-state index contributed by atoms with van der Waals surface area (Å²) in [6.45, 7) is 4.27. The van der Waals surface area contributed by atoms with Crippen LogP contribution < -0.4 is 0 Å². The van der Waals surface area contributed by atoms with Crippen LogP contribution in [0.3, 0.4) is 0 Å². The van der Waals surface area contributed by atoms with Gasteiger partial charge >= 0.3 is 0 Å². The summed E-state index contributed by atoms with van der Waals surface area (Å²) in [4.78, 5) is 0.719. The molecule has 0 fully saturated rings. The summed E-state index contributed by atoms with van der Waals surface area (Å²) in [6.07, 6.45) is 0. The van der Waals surface area contributed by atoms with Gasteiger partial charge in [-0.15, -0.1) is 0 Å². The van der Waals surface area contributed by atoms with E-state index in [-0.39, 0.29) is 0 Å². The second kappa shape index (κ2) is 4.23. The van der Waals surface area contributed by atoms with E-state index < -0.39 is 0 Å². The molecule has 2 heteroatoms. The lowest BCUT2D eigenvalue weighted by Crippen LogP contribution is -1.90. The van der Waals surface area contributed by atoms with Crippen LogP contribution in [-0.2, 0) is 0 Å². The molecule has 0 radical (unpaired) electrons. The molecule has 0 spiro atoms. The Hall–Kier alpha value is -1.02. The van der Waals surface area contributed by atoms with Crippen molar-refractivity contribution < 1.29 is 3.89 Å². The first-order valence-corrected chi connectivity index (χ1v) is 5.76. The minimum Gasteiger partial charge on any atom is -0.160 e. The lowest BCUT2D eigenvalue weighted by Gasteiger charge is -2.11. The molecule has 0 unspecified atom stereocenters. The van der Waals surface area contributed by atoms with Gasteiger partial charge in [0.05, 0.1) is 12.1 Å². The minimum absolute atomic E-state index is 0.330. The first-order valence-electron chi connectivity index (χ1n) is 5.04. The normalized spacial score (nSPS) is 11.2. The molecule has 78 valence electrons. The average Bonchev–Trinajstić information content (AvgIpc) is 2.27. The van der Waals surface area contributed by atoms with Crippen LogP contribution in [0.15, 0.2) is 41.3 Å². The smallest absolute Gasteiger partial charge is 0.0818 e. The fourth-order valence-corrected chi connectivity index (χ4v) is 2.32. The van der Waals surface area contributed by atoms with Gasteiger partial charge in [-0.3, -0.25) is 0 Å². The lowest BCUT2D eigenvalue weighted by atomic mass is 9.96. The predicted molar refractivity (Wildman–Crippen MR) is 65.0 cm³/mol. The number of hydrogen-bond acceptors (Lipinski definition) is 1. The third kappa shape index (κ3) is 1.86. The molecule has 0 N–H and O–H groups in total. The minimum atomic E-state index is 0.330. The van der Waals surface area contributed by atoms with E-state index in [1.54, 1.807) is 0 Å². The molecule has 15 heavy (non-hydrogen) atoms. The highest BCUT2D eigenvalue weighted by atomic mass is 32.2. The molecule has 0 saturated heterocycles. The zero-order valence-corrected chi connectivity index (χ0v) is 9.64.